The monoisotopic (exact) mass is 331 g/mol. The minimum atomic E-state index is -0.734. The van der Waals surface area contributed by atoms with Crippen molar-refractivity contribution in [2.75, 3.05) is 11.9 Å². The van der Waals surface area contributed by atoms with Gasteiger partial charge in [0.1, 0.15) is 23.4 Å². The van der Waals surface area contributed by atoms with E-state index < -0.39 is 23.6 Å². The molecule has 0 radical (unpaired) electrons. The molecule has 24 heavy (non-hydrogen) atoms. The first-order chi connectivity index (χ1) is 11.6. The summed E-state index contributed by atoms with van der Waals surface area (Å²) in [7, 11) is 0. The molecule has 1 aromatic heterocycles. The normalized spacial score (nSPS) is 16.9. The van der Waals surface area contributed by atoms with E-state index in [1.807, 2.05) is 0 Å². The summed E-state index contributed by atoms with van der Waals surface area (Å²) < 4.78 is 26.9. The molecular formula is C17H15F2N3O2. The Balaban J connectivity index is 1.76. The Morgan fingerprint density at radius 1 is 1.21 bits per heavy atom. The number of hydrogen-bond donors (Lipinski definition) is 1. The molecule has 0 aliphatic carbocycles. The quantitative estimate of drug-likeness (QED) is 0.940. The van der Waals surface area contributed by atoms with Crippen molar-refractivity contribution < 1.29 is 18.4 Å². The molecular weight excluding hydrogens is 316 g/mol. The van der Waals surface area contributed by atoms with Crippen LogP contribution in [0.3, 0.4) is 0 Å². The molecule has 1 atom stereocenters. The average Bonchev–Trinajstić information content (AvgIpc) is 3.08. The highest BCUT2D eigenvalue weighted by atomic mass is 19.1. The molecule has 5 nitrogen and oxygen atoms in total. The predicted molar refractivity (Wildman–Crippen MR) is 83.3 cm³/mol. The Hall–Kier alpha value is -2.83. The fourth-order valence-electron chi connectivity index (χ4n) is 2.73. The Morgan fingerprint density at radius 3 is 2.79 bits per heavy atom. The number of pyridine rings is 1. The number of rotatable bonds is 3. The minimum absolute atomic E-state index is 0.239. The number of anilines is 1. The maximum absolute atomic E-state index is 13.7. The summed E-state index contributed by atoms with van der Waals surface area (Å²) in [6.45, 7) is 0.416. The highest BCUT2D eigenvalue weighted by Crippen LogP contribution is 2.22. The topological polar surface area (TPSA) is 62.3 Å². The molecule has 2 amide bonds. The maximum atomic E-state index is 13.7. The maximum Gasteiger partial charge on any atom is 0.273 e. The van der Waals surface area contributed by atoms with Crippen molar-refractivity contribution in [1.29, 1.82) is 0 Å². The van der Waals surface area contributed by atoms with Crippen molar-refractivity contribution in [3.63, 3.8) is 0 Å². The number of nitrogens with zero attached hydrogens (tertiary/aromatic N) is 2. The van der Waals surface area contributed by atoms with Gasteiger partial charge in [-0.05, 0) is 37.1 Å². The van der Waals surface area contributed by atoms with Gasteiger partial charge < -0.3 is 10.2 Å². The van der Waals surface area contributed by atoms with E-state index in [1.165, 1.54) is 11.1 Å². The van der Waals surface area contributed by atoms with Crippen LogP contribution in [0.15, 0.2) is 42.6 Å². The molecule has 1 aliphatic rings. The van der Waals surface area contributed by atoms with Gasteiger partial charge in [-0.25, -0.2) is 8.78 Å². The van der Waals surface area contributed by atoms with Gasteiger partial charge >= 0.3 is 0 Å². The van der Waals surface area contributed by atoms with Crippen LogP contribution in [0.5, 0.6) is 0 Å². The summed E-state index contributed by atoms with van der Waals surface area (Å²) in [4.78, 5) is 30.3. The van der Waals surface area contributed by atoms with Crippen molar-refractivity contribution in [2.45, 2.75) is 18.9 Å². The first-order valence-corrected chi connectivity index (χ1v) is 7.54. The van der Waals surface area contributed by atoms with Crippen LogP contribution in [0, 0.1) is 11.6 Å². The van der Waals surface area contributed by atoms with Gasteiger partial charge in [0.2, 0.25) is 5.91 Å². The van der Waals surface area contributed by atoms with Crippen LogP contribution in [0.4, 0.5) is 14.5 Å². The SMILES string of the molecule is O=C(Nc1cc(F)ccc1F)[C@@H]1CCCN1C(=O)c1ccccn1. The number of likely N-dealkylation sites (tertiary alicyclic amines) is 1. The Morgan fingerprint density at radius 2 is 2.04 bits per heavy atom. The highest BCUT2D eigenvalue weighted by Gasteiger charge is 2.35. The molecule has 7 heteroatoms. The van der Waals surface area contributed by atoms with Crippen LogP contribution in [-0.4, -0.2) is 34.3 Å². The predicted octanol–water partition coefficient (Wildman–Crippen LogP) is 2.60. The van der Waals surface area contributed by atoms with Crippen LogP contribution in [0.2, 0.25) is 0 Å². The van der Waals surface area contributed by atoms with Crippen molar-refractivity contribution >= 4 is 17.5 Å². The van der Waals surface area contributed by atoms with Crippen LogP contribution in [0.25, 0.3) is 0 Å². The lowest BCUT2D eigenvalue weighted by Gasteiger charge is -2.23. The molecule has 1 aromatic carbocycles. The van der Waals surface area contributed by atoms with Crippen LogP contribution < -0.4 is 5.32 Å². The molecule has 1 aliphatic heterocycles. The van der Waals surface area contributed by atoms with Gasteiger partial charge in [0.25, 0.3) is 5.91 Å². The van der Waals surface area contributed by atoms with Gasteiger partial charge in [-0.3, -0.25) is 14.6 Å². The number of aromatic nitrogens is 1. The average molecular weight is 331 g/mol. The van der Waals surface area contributed by atoms with Crippen LogP contribution >= 0.6 is 0 Å². The second-order valence-corrected chi connectivity index (χ2v) is 5.48. The fraction of sp³-hybridized carbons (Fsp3) is 0.235. The number of benzene rings is 1. The number of amides is 2. The molecule has 1 fully saturated rings. The molecule has 3 rings (SSSR count). The number of carbonyl (C=O) groups is 2. The molecule has 1 N–H and O–H groups in total. The van der Waals surface area contributed by atoms with Gasteiger partial charge in [0.05, 0.1) is 5.69 Å². The van der Waals surface area contributed by atoms with Crippen LogP contribution in [-0.2, 0) is 4.79 Å². The molecule has 1 saturated heterocycles. The fourth-order valence-corrected chi connectivity index (χ4v) is 2.73. The van der Waals surface area contributed by atoms with E-state index in [0.717, 1.165) is 18.2 Å². The Kier molecular flexibility index (Phi) is 4.50. The van der Waals surface area contributed by atoms with E-state index in [9.17, 15) is 18.4 Å². The lowest BCUT2D eigenvalue weighted by Crippen LogP contribution is -2.43. The zero-order valence-electron chi connectivity index (χ0n) is 12.7. The Labute approximate surface area is 137 Å². The van der Waals surface area contributed by atoms with E-state index in [4.69, 9.17) is 0 Å². The van der Waals surface area contributed by atoms with Gasteiger partial charge in [0, 0.05) is 18.8 Å². The van der Waals surface area contributed by atoms with Crippen molar-refractivity contribution in [3.05, 3.63) is 59.9 Å². The van der Waals surface area contributed by atoms with Gasteiger partial charge in [0.15, 0.2) is 0 Å². The standard InChI is InChI=1S/C17H15F2N3O2/c18-11-6-7-12(19)14(10-11)21-16(23)15-5-3-9-22(15)17(24)13-4-1-2-8-20-13/h1-2,4,6-8,10,15H,3,5,9H2,(H,21,23)/t15-/m0/s1. The summed E-state index contributed by atoms with van der Waals surface area (Å²) in [6, 6.07) is 7.04. The van der Waals surface area contributed by atoms with Gasteiger partial charge in [-0.1, -0.05) is 6.07 Å². The molecule has 0 saturated carbocycles. The summed E-state index contributed by atoms with van der Waals surface area (Å²) in [5.74, 6) is -2.28. The molecule has 0 spiro atoms. The third kappa shape index (κ3) is 3.24. The molecule has 2 heterocycles. The smallest absolute Gasteiger partial charge is 0.273 e. The third-order valence-corrected chi connectivity index (χ3v) is 3.89. The summed E-state index contributed by atoms with van der Waals surface area (Å²) in [5, 5.41) is 2.36. The zero-order valence-corrected chi connectivity index (χ0v) is 12.7. The molecule has 2 aromatic rings. The first kappa shape index (κ1) is 16.0. The van der Waals surface area contributed by atoms with Gasteiger partial charge in [-0.15, -0.1) is 0 Å². The van der Waals surface area contributed by atoms with Crippen molar-refractivity contribution in [2.24, 2.45) is 0 Å². The first-order valence-electron chi connectivity index (χ1n) is 7.54. The molecule has 0 unspecified atom stereocenters. The number of hydrogen-bond acceptors (Lipinski definition) is 3. The summed E-state index contributed by atoms with van der Waals surface area (Å²) in [6.07, 6.45) is 2.62. The van der Waals surface area contributed by atoms with E-state index in [-0.39, 0.29) is 17.3 Å². The molecule has 0 bridgehead atoms. The number of carbonyl (C=O) groups excluding carboxylic acids is 2. The second-order valence-electron chi connectivity index (χ2n) is 5.48. The van der Waals surface area contributed by atoms with E-state index >= 15 is 0 Å². The van der Waals surface area contributed by atoms with Crippen molar-refractivity contribution in [1.82, 2.24) is 9.88 Å². The number of nitrogens with one attached hydrogen (secondary N) is 1. The summed E-state index contributed by atoms with van der Waals surface area (Å²) >= 11 is 0. The van der Waals surface area contributed by atoms with Gasteiger partial charge in [-0.2, -0.15) is 0 Å². The lowest BCUT2D eigenvalue weighted by molar-refractivity contribution is -0.119. The van der Waals surface area contributed by atoms with E-state index in [0.29, 0.717) is 19.4 Å². The minimum Gasteiger partial charge on any atom is -0.325 e. The largest absolute Gasteiger partial charge is 0.325 e. The zero-order chi connectivity index (χ0) is 17.1. The highest BCUT2D eigenvalue weighted by molar-refractivity contribution is 6.00. The number of halogens is 2. The van der Waals surface area contributed by atoms with E-state index in [2.05, 4.69) is 10.3 Å². The third-order valence-electron chi connectivity index (χ3n) is 3.89. The van der Waals surface area contributed by atoms with Crippen LogP contribution in [0.1, 0.15) is 23.3 Å². The lowest BCUT2D eigenvalue weighted by atomic mass is 10.2. The summed E-state index contributed by atoms with van der Waals surface area (Å²) in [5.41, 5.74) is 0.00581. The van der Waals surface area contributed by atoms with E-state index in [1.54, 1.807) is 18.2 Å². The van der Waals surface area contributed by atoms with Crippen molar-refractivity contribution in [3.8, 4) is 0 Å². The second kappa shape index (κ2) is 6.74. The Bertz CT molecular complexity index is 768. The molecule has 124 valence electrons.